The molecule has 0 atom stereocenters. The lowest BCUT2D eigenvalue weighted by molar-refractivity contribution is 0.415. The molecule has 0 N–H and O–H groups in total. The van der Waals surface area contributed by atoms with Gasteiger partial charge >= 0.3 is 0 Å². The molecule has 0 unspecified atom stereocenters. The summed E-state index contributed by atoms with van der Waals surface area (Å²) >= 11 is 0. The standard InChI is InChI=1S/C37H27N3O/c1-24-22-30(37(41-2)35(23-24)40-31-13-6-3-10-27(31)28-11-4-7-14-32(28)40)25-17-19-26(20-18-25)39-33-15-8-5-12-29(33)36-34(39)16-9-21-38-36/h3-23H,1-2H3. The topological polar surface area (TPSA) is 32.0 Å². The highest BCUT2D eigenvalue weighted by Crippen LogP contribution is 2.41. The number of nitrogens with zero attached hydrogens (tertiary/aromatic N) is 3. The number of aromatic nitrogens is 3. The molecule has 8 rings (SSSR count). The highest BCUT2D eigenvalue weighted by Gasteiger charge is 2.19. The molecule has 0 aliphatic heterocycles. The Labute approximate surface area is 237 Å². The molecule has 8 aromatic rings. The van der Waals surface area contributed by atoms with E-state index in [1.165, 1.54) is 27.4 Å². The first-order valence-electron chi connectivity index (χ1n) is 13.8. The number of aryl methyl sites for hydroxylation is 1. The molecule has 0 amide bonds. The van der Waals surface area contributed by atoms with Gasteiger partial charge in [0.25, 0.3) is 0 Å². The number of pyridine rings is 1. The molecule has 196 valence electrons. The van der Waals surface area contributed by atoms with Gasteiger partial charge in [-0.05, 0) is 72.6 Å². The van der Waals surface area contributed by atoms with Crippen LogP contribution < -0.4 is 4.74 Å². The van der Waals surface area contributed by atoms with Crippen LogP contribution in [0.15, 0.2) is 128 Å². The van der Waals surface area contributed by atoms with Crippen molar-refractivity contribution in [3.05, 3.63) is 133 Å². The number of fused-ring (bicyclic) bond motifs is 6. The second-order valence-corrected chi connectivity index (χ2v) is 10.5. The molecule has 0 fully saturated rings. The molecule has 0 radical (unpaired) electrons. The van der Waals surface area contributed by atoms with Gasteiger partial charge in [-0.1, -0.05) is 66.7 Å². The maximum absolute atomic E-state index is 6.19. The summed E-state index contributed by atoms with van der Waals surface area (Å²) in [5.74, 6) is 0.857. The molecule has 0 saturated heterocycles. The molecule has 0 bridgehead atoms. The predicted octanol–water partition coefficient (Wildman–Crippen LogP) is 9.26. The van der Waals surface area contributed by atoms with E-state index in [1.54, 1.807) is 7.11 Å². The van der Waals surface area contributed by atoms with Gasteiger partial charge in [0.15, 0.2) is 5.75 Å². The minimum absolute atomic E-state index is 0.857. The van der Waals surface area contributed by atoms with Gasteiger partial charge in [0, 0.05) is 33.6 Å². The smallest absolute Gasteiger partial charge is 0.150 e. The van der Waals surface area contributed by atoms with E-state index >= 15 is 0 Å². The fourth-order valence-electron chi connectivity index (χ4n) is 6.38. The first-order valence-corrected chi connectivity index (χ1v) is 13.8. The zero-order valence-corrected chi connectivity index (χ0v) is 22.9. The molecule has 0 spiro atoms. The Hall–Kier alpha value is -5.35. The lowest BCUT2D eigenvalue weighted by Crippen LogP contribution is -2.01. The van der Waals surface area contributed by atoms with Crippen LogP contribution in [0.2, 0.25) is 0 Å². The second-order valence-electron chi connectivity index (χ2n) is 10.5. The van der Waals surface area contributed by atoms with E-state index in [-0.39, 0.29) is 0 Å². The number of hydrogen-bond acceptors (Lipinski definition) is 2. The Bertz CT molecular complexity index is 2150. The van der Waals surface area contributed by atoms with Crippen LogP contribution in [-0.2, 0) is 0 Å². The van der Waals surface area contributed by atoms with Gasteiger partial charge in [-0.3, -0.25) is 4.98 Å². The Kier molecular flexibility index (Phi) is 5.22. The van der Waals surface area contributed by atoms with E-state index in [1.807, 2.05) is 12.3 Å². The zero-order valence-electron chi connectivity index (χ0n) is 22.9. The summed E-state index contributed by atoms with van der Waals surface area (Å²) in [6.45, 7) is 2.15. The molecule has 4 nitrogen and oxygen atoms in total. The molecule has 3 aromatic heterocycles. The maximum atomic E-state index is 6.19. The number of ether oxygens (including phenoxy) is 1. The molecule has 0 aliphatic carbocycles. The summed E-state index contributed by atoms with van der Waals surface area (Å²) in [4.78, 5) is 4.69. The second kappa shape index (κ2) is 9.10. The van der Waals surface area contributed by atoms with E-state index in [0.29, 0.717) is 0 Å². The Morgan fingerprint density at radius 2 is 1.17 bits per heavy atom. The van der Waals surface area contributed by atoms with Crippen molar-refractivity contribution < 1.29 is 4.74 Å². The molecule has 3 heterocycles. The SMILES string of the molecule is COc1c(-c2ccc(-n3c4ccccc4c4ncccc43)cc2)cc(C)cc1-n1c2ccccc2c2ccccc21. The van der Waals surface area contributed by atoms with Crippen LogP contribution in [0.1, 0.15) is 5.56 Å². The highest BCUT2D eigenvalue weighted by molar-refractivity contribution is 6.10. The van der Waals surface area contributed by atoms with E-state index in [2.05, 4.69) is 131 Å². The van der Waals surface area contributed by atoms with Gasteiger partial charge in [0.2, 0.25) is 0 Å². The zero-order chi connectivity index (χ0) is 27.5. The van der Waals surface area contributed by atoms with Crippen molar-refractivity contribution >= 4 is 43.7 Å². The minimum atomic E-state index is 0.857. The molecular weight excluding hydrogens is 502 g/mol. The Morgan fingerprint density at radius 3 is 1.83 bits per heavy atom. The lowest BCUT2D eigenvalue weighted by atomic mass is 10.00. The van der Waals surface area contributed by atoms with Crippen LogP contribution in [0.4, 0.5) is 0 Å². The Balaban J connectivity index is 1.32. The summed E-state index contributed by atoms with van der Waals surface area (Å²) in [5, 5.41) is 3.62. The average molecular weight is 530 g/mol. The molecular formula is C37H27N3O. The van der Waals surface area contributed by atoms with E-state index in [4.69, 9.17) is 9.72 Å². The predicted molar refractivity (Wildman–Crippen MR) is 170 cm³/mol. The van der Waals surface area contributed by atoms with E-state index in [0.717, 1.165) is 50.2 Å². The van der Waals surface area contributed by atoms with Crippen LogP contribution in [-0.4, -0.2) is 21.2 Å². The first-order chi connectivity index (χ1) is 20.2. The van der Waals surface area contributed by atoms with Crippen molar-refractivity contribution in [1.29, 1.82) is 0 Å². The number of rotatable bonds is 4. The van der Waals surface area contributed by atoms with Gasteiger partial charge < -0.3 is 13.9 Å². The minimum Gasteiger partial charge on any atom is -0.494 e. The third-order valence-corrected chi connectivity index (χ3v) is 8.10. The molecule has 4 heteroatoms. The summed E-state index contributed by atoms with van der Waals surface area (Å²) in [6, 6.07) is 43.0. The van der Waals surface area contributed by atoms with Crippen molar-refractivity contribution in [2.45, 2.75) is 6.92 Å². The summed E-state index contributed by atoms with van der Waals surface area (Å²) in [5.41, 5.74) is 11.1. The highest BCUT2D eigenvalue weighted by atomic mass is 16.5. The third kappa shape index (κ3) is 3.51. The summed E-state index contributed by atoms with van der Waals surface area (Å²) in [6.07, 6.45) is 1.86. The van der Waals surface area contributed by atoms with Crippen molar-refractivity contribution in [3.8, 4) is 28.3 Å². The first kappa shape index (κ1) is 23.5. The van der Waals surface area contributed by atoms with E-state index in [9.17, 15) is 0 Å². The average Bonchev–Trinajstić information content (AvgIpc) is 3.54. The van der Waals surface area contributed by atoms with Gasteiger partial charge in [-0.15, -0.1) is 0 Å². The van der Waals surface area contributed by atoms with Crippen LogP contribution >= 0.6 is 0 Å². The summed E-state index contributed by atoms with van der Waals surface area (Å²) < 4.78 is 10.8. The van der Waals surface area contributed by atoms with Gasteiger partial charge in [0.1, 0.15) is 0 Å². The fourth-order valence-corrected chi connectivity index (χ4v) is 6.38. The normalized spacial score (nSPS) is 11.7. The van der Waals surface area contributed by atoms with Crippen molar-refractivity contribution in [1.82, 2.24) is 14.1 Å². The Morgan fingerprint density at radius 1 is 0.585 bits per heavy atom. The van der Waals surface area contributed by atoms with Gasteiger partial charge in [0.05, 0.1) is 40.4 Å². The fraction of sp³-hybridized carbons (Fsp3) is 0.0541. The largest absolute Gasteiger partial charge is 0.494 e. The molecule has 0 aliphatic rings. The monoisotopic (exact) mass is 529 g/mol. The van der Waals surface area contributed by atoms with Gasteiger partial charge in [-0.25, -0.2) is 0 Å². The quantitative estimate of drug-likeness (QED) is 0.228. The third-order valence-electron chi connectivity index (χ3n) is 8.10. The number of benzene rings is 5. The van der Waals surface area contributed by atoms with Crippen LogP contribution in [0, 0.1) is 6.92 Å². The van der Waals surface area contributed by atoms with Crippen LogP contribution in [0.5, 0.6) is 5.75 Å². The van der Waals surface area contributed by atoms with Crippen molar-refractivity contribution in [2.75, 3.05) is 7.11 Å². The van der Waals surface area contributed by atoms with Crippen molar-refractivity contribution in [2.24, 2.45) is 0 Å². The van der Waals surface area contributed by atoms with E-state index < -0.39 is 0 Å². The summed E-state index contributed by atoms with van der Waals surface area (Å²) in [7, 11) is 1.77. The molecule has 5 aromatic carbocycles. The molecule has 41 heavy (non-hydrogen) atoms. The van der Waals surface area contributed by atoms with Crippen molar-refractivity contribution in [3.63, 3.8) is 0 Å². The lowest BCUT2D eigenvalue weighted by Gasteiger charge is -2.18. The maximum Gasteiger partial charge on any atom is 0.150 e. The van der Waals surface area contributed by atoms with Crippen LogP contribution in [0.3, 0.4) is 0 Å². The number of hydrogen-bond donors (Lipinski definition) is 0. The van der Waals surface area contributed by atoms with Crippen LogP contribution in [0.25, 0.3) is 66.2 Å². The number of para-hydroxylation sites is 3. The number of methoxy groups -OCH3 is 1. The van der Waals surface area contributed by atoms with Gasteiger partial charge in [-0.2, -0.15) is 0 Å². The molecule has 0 saturated carbocycles.